The van der Waals surface area contributed by atoms with E-state index < -0.39 is 0 Å². The number of hydrogen-bond acceptors (Lipinski definition) is 2. The Balaban J connectivity index is 1.93. The van der Waals surface area contributed by atoms with Gasteiger partial charge in [0, 0.05) is 23.7 Å². The van der Waals surface area contributed by atoms with Crippen LogP contribution in [0.5, 0.6) is 0 Å². The van der Waals surface area contributed by atoms with E-state index in [9.17, 15) is 9.18 Å². The molecule has 0 radical (unpaired) electrons. The Bertz CT molecular complexity index is 741. The fourth-order valence-electron chi connectivity index (χ4n) is 3.56. The van der Waals surface area contributed by atoms with Crippen LogP contribution in [-0.2, 0) is 16.1 Å². The van der Waals surface area contributed by atoms with Crippen molar-refractivity contribution in [2.45, 2.75) is 45.6 Å². The van der Waals surface area contributed by atoms with Crippen molar-refractivity contribution in [3.63, 3.8) is 0 Å². The average Bonchev–Trinajstić information content (AvgIpc) is 2.91. The average molecular weight is 329 g/mol. The molecule has 1 aliphatic carbocycles. The number of ether oxygens (including phenoxy) is 1. The fourth-order valence-corrected chi connectivity index (χ4v) is 3.56. The second-order valence-corrected chi connectivity index (χ2v) is 6.47. The first-order valence-electron chi connectivity index (χ1n) is 8.81. The summed E-state index contributed by atoms with van der Waals surface area (Å²) in [5.41, 5.74) is 1.82. The Morgan fingerprint density at radius 2 is 2.08 bits per heavy atom. The first-order valence-corrected chi connectivity index (χ1v) is 8.81. The lowest BCUT2D eigenvalue weighted by Gasteiger charge is -2.23. The van der Waals surface area contributed by atoms with Crippen LogP contribution >= 0.6 is 0 Å². The normalized spacial score (nSPS) is 16.1. The van der Waals surface area contributed by atoms with Crippen molar-refractivity contribution in [2.75, 3.05) is 6.61 Å². The zero-order chi connectivity index (χ0) is 16.9. The molecule has 1 aromatic heterocycles. The standard InChI is InChI=1S/C20H24FNO2/c1-2-24-20(23)11-10-18-12-16-8-9-17(21)13-19(16)22(18)14-15-6-4-3-5-7-15/h8-13,15H,2-7,14H2,1H3/b11-10+. The van der Waals surface area contributed by atoms with Gasteiger partial charge in [0.25, 0.3) is 0 Å². The summed E-state index contributed by atoms with van der Waals surface area (Å²) in [5, 5.41) is 0.996. The van der Waals surface area contributed by atoms with Gasteiger partial charge in [0.05, 0.1) is 12.1 Å². The van der Waals surface area contributed by atoms with Gasteiger partial charge in [0.2, 0.25) is 0 Å². The van der Waals surface area contributed by atoms with Crippen LogP contribution in [0.2, 0.25) is 0 Å². The van der Waals surface area contributed by atoms with Gasteiger partial charge in [0.1, 0.15) is 5.82 Å². The van der Waals surface area contributed by atoms with Crippen molar-refractivity contribution in [2.24, 2.45) is 5.92 Å². The number of rotatable bonds is 5. The highest BCUT2D eigenvalue weighted by molar-refractivity contribution is 5.89. The van der Waals surface area contributed by atoms with Crippen LogP contribution in [-0.4, -0.2) is 17.1 Å². The predicted octanol–water partition coefficient (Wildman–Crippen LogP) is 4.94. The Morgan fingerprint density at radius 3 is 2.83 bits per heavy atom. The number of fused-ring (bicyclic) bond motifs is 1. The van der Waals surface area contributed by atoms with Crippen molar-refractivity contribution in [3.05, 3.63) is 41.9 Å². The Kier molecular flexibility index (Phi) is 5.34. The number of carbonyl (C=O) groups excluding carboxylic acids is 1. The molecule has 1 fully saturated rings. The molecule has 0 bridgehead atoms. The minimum absolute atomic E-state index is 0.230. The summed E-state index contributed by atoms with van der Waals surface area (Å²) < 4.78 is 20.8. The highest BCUT2D eigenvalue weighted by atomic mass is 19.1. The number of carbonyl (C=O) groups is 1. The summed E-state index contributed by atoms with van der Waals surface area (Å²) in [6.45, 7) is 3.02. The smallest absolute Gasteiger partial charge is 0.330 e. The molecule has 0 atom stereocenters. The number of halogens is 1. The minimum Gasteiger partial charge on any atom is -0.463 e. The molecule has 128 valence electrons. The predicted molar refractivity (Wildman–Crippen MR) is 94.1 cm³/mol. The third-order valence-electron chi connectivity index (χ3n) is 4.74. The van der Waals surface area contributed by atoms with Gasteiger partial charge in [-0.2, -0.15) is 0 Å². The molecule has 0 spiro atoms. The molecule has 0 unspecified atom stereocenters. The van der Waals surface area contributed by atoms with Crippen LogP contribution in [0.3, 0.4) is 0 Å². The third-order valence-corrected chi connectivity index (χ3v) is 4.74. The van der Waals surface area contributed by atoms with Crippen molar-refractivity contribution in [1.82, 2.24) is 4.57 Å². The lowest BCUT2D eigenvalue weighted by molar-refractivity contribution is -0.137. The van der Waals surface area contributed by atoms with Gasteiger partial charge in [-0.3, -0.25) is 0 Å². The maximum absolute atomic E-state index is 13.7. The molecule has 1 aromatic carbocycles. The fraction of sp³-hybridized carbons (Fsp3) is 0.450. The molecule has 1 saturated carbocycles. The van der Waals surface area contributed by atoms with Crippen molar-refractivity contribution < 1.29 is 13.9 Å². The zero-order valence-corrected chi connectivity index (χ0v) is 14.1. The monoisotopic (exact) mass is 329 g/mol. The van der Waals surface area contributed by atoms with Crippen molar-refractivity contribution >= 4 is 22.9 Å². The zero-order valence-electron chi connectivity index (χ0n) is 14.1. The molecule has 24 heavy (non-hydrogen) atoms. The molecule has 1 heterocycles. The van der Waals surface area contributed by atoms with E-state index >= 15 is 0 Å². The number of nitrogens with zero attached hydrogens (tertiary/aromatic N) is 1. The molecule has 3 nitrogen and oxygen atoms in total. The summed E-state index contributed by atoms with van der Waals surface area (Å²) in [7, 11) is 0. The van der Waals surface area contributed by atoms with Crippen molar-refractivity contribution in [1.29, 1.82) is 0 Å². The van der Waals surface area contributed by atoms with Gasteiger partial charge in [0.15, 0.2) is 0 Å². The number of hydrogen-bond donors (Lipinski definition) is 0. The molecule has 3 rings (SSSR count). The van der Waals surface area contributed by atoms with Gasteiger partial charge in [-0.1, -0.05) is 19.3 Å². The molecule has 0 amide bonds. The summed E-state index contributed by atoms with van der Waals surface area (Å²) in [6, 6.07) is 6.86. The highest BCUT2D eigenvalue weighted by Gasteiger charge is 2.17. The van der Waals surface area contributed by atoms with Gasteiger partial charge < -0.3 is 9.30 Å². The van der Waals surface area contributed by atoms with Crippen molar-refractivity contribution in [3.8, 4) is 0 Å². The molecular formula is C20H24FNO2. The number of benzene rings is 1. The van der Waals surface area contributed by atoms with Gasteiger partial charge in [-0.05, 0) is 56.0 Å². The van der Waals surface area contributed by atoms with E-state index in [0.717, 1.165) is 23.1 Å². The van der Waals surface area contributed by atoms with Crippen LogP contribution in [0.15, 0.2) is 30.3 Å². The second kappa shape index (κ2) is 7.65. The van der Waals surface area contributed by atoms with Crippen LogP contribution in [0.4, 0.5) is 4.39 Å². The summed E-state index contributed by atoms with van der Waals surface area (Å²) >= 11 is 0. The maximum atomic E-state index is 13.7. The van der Waals surface area contributed by atoms with Crippen LogP contribution in [0.1, 0.15) is 44.7 Å². The van der Waals surface area contributed by atoms with E-state index in [1.807, 2.05) is 6.07 Å². The molecule has 0 aliphatic heterocycles. The van der Waals surface area contributed by atoms with Gasteiger partial charge in [-0.15, -0.1) is 0 Å². The molecular weight excluding hydrogens is 305 g/mol. The Labute approximate surface area is 142 Å². The van der Waals surface area contributed by atoms with Crippen LogP contribution in [0.25, 0.3) is 17.0 Å². The summed E-state index contributed by atoms with van der Waals surface area (Å²) in [5.74, 6) is 0.0388. The lowest BCUT2D eigenvalue weighted by atomic mass is 9.89. The maximum Gasteiger partial charge on any atom is 0.330 e. The molecule has 2 aromatic rings. The van der Waals surface area contributed by atoms with Gasteiger partial charge in [-0.25, -0.2) is 9.18 Å². The molecule has 0 N–H and O–H groups in total. The van der Waals surface area contributed by atoms with E-state index in [2.05, 4.69) is 4.57 Å². The first-order chi connectivity index (χ1) is 11.7. The largest absolute Gasteiger partial charge is 0.463 e. The topological polar surface area (TPSA) is 31.2 Å². The van der Waals surface area contributed by atoms with E-state index in [1.54, 1.807) is 25.1 Å². The Morgan fingerprint density at radius 1 is 1.29 bits per heavy atom. The van der Waals surface area contributed by atoms with E-state index in [-0.39, 0.29) is 11.8 Å². The first kappa shape index (κ1) is 16.7. The van der Waals surface area contributed by atoms with E-state index in [0.29, 0.717) is 12.5 Å². The summed E-state index contributed by atoms with van der Waals surface area (Å²) in [6.07, 6.45) is 9.52. The minimum atomic E-state index is -0.349. The summed E-state index contributed by atoms with van der Waals surface area (Å²) in [4.78, 5) is 11.6. The number of esters is 1. The van der Waals surface area contributed by atoms with Crippen LogP contribution in [0, 0.1) is 11.7 Å². The van der Waals surface area contributed by atoms with Crippen LogP contribution < -0.4 is 0 Å². The second-order valence-electron chi connectivity index (χ2n) is 6.47. The third kappa shape index (κ3) is 3.86. The lowest BCUT2D eigenvalue weighted by Crippen LogP contribution is -2.15. The molecule has 4 heteroatoms. The SMILES string of the molecule is CCOC(=O)/C=C/c1cc2ccc(F)cc2n1CC1CCCCC1. The quantitative estimate of drug-likeness (QED) is 0.575. The van der Waals surface area contributed by atoms with E-state index in [1.165, 1.54) is 44.2 Å². The Hall–Kier alpha value is -2.10. The van der Waals surface area contributed by atoms with Gasteiger partial charge >= 0.3 is 5.97 Å². The molecule has 1 aliphatic rings. The highest BCUT2D eigenvalue weighted by Crippen LogP contribution is 2.29. The molecule has 0 saturated heterocycles. The van der Waals surface area contributed by atoms with E-state index in [4.69, 9.17) is 4.74 Å². The number of aromatic nitrogens is 1.